The van der Waals surface area contributed by atoms with Gasteiger partial charge in [-0.05, 0) is 18.2 Å². The van der Waals surface area contributed by atoms with Gasteiger partial charge in [0.25, 0.3) is 0 Å². The lowest BCUT2D eigenvalue weighted by Crippen LogP contribution is -2.10. The molecule has 0 atom stereocenters. The second-order valence-corrected chi connectivity index (χ2v) is 2.93. The maximum atomic E-state index is 11.1. The monoisotopic (exact) mass is 228 g/mol. The molecular weight excluding hydrogens is 224 g/mol. The SMILES string of the molecule is O=COC(=O)c1ccc(Cl)cc1C(=O)O. The number of aromatic carboxylic acids is 1. The van der Waals surface area contributed by atoms with E-state index in [1.807, 2.05) is 0 Å². The lowest BCUT2D eigenvalue weighted by Gasteiger charge is -2.02. The third kappa shape index (κ3) is 2.54. The van der Waals surface area contributed by atoms with E-state index in [1.54, 1.807) is 0 Å². The Labute approximate surface area is 89.2 Å². The second kappa shape index (κ2) is 4.56. The smallest absolute Gasteiger partial charge is 0.346 e. The summed E-state index contributed by atoms with van der Waals surface area (Å²) in [4.78, 5) is 31.8. The zero-order chi connectivity index (χ0) is 11.4. The maximum absolute atomic E-state index is 11.1. The lowest BCUT2D eigenvalue weighted by atomic mass is 10.1. The summed E-state index contributed by atoms with van der Waals surface area (Å²) in [6.45, 7) is -0.0669. The van der Waals surface area contributed by atoms with E-state index in [1.165, 1.54) is 12.1 Å². The first-order valence-electron chi connectivity index (χ1n) is 3.73. The largest absolute Gasteiger partial charge is 0.478 e. The summed E-state index contributed by atoms with van der Waals surface area (Å²) >= 11 is 5.56. The minimum absolute atomic E-state index is 0.0669. The molecule has 0 bridgehead atoms. The van der Waals surface area contributed by atoms with Crippen LogP contribution < -0.4 is 0 Å². The van der Waals surface area contributed by atoms with Crippen molar-refractivity contribution in [2.75, 3.05) is 0 Å². The van der Waals surface area contributed by atoms with Crippen LogP contribution in [0.4, 0.5) is 0 Å². The van der Waals surface area contributed by atoms with Crippen LogP contribution in [-0.4, -0.2) is 23.5 Å². The molecule has 5 nitrogen and oxygen atoms in total. The van der Waals surface area contributed by atoms with Crippen molar-refractivity contribution < 1.29 is 24.2 Å². The summed E-state index contributed by atoms with van der Waals surface area (Å²) in [6, 6.07) is 3.61. The van der Waals surface area contributed by atoms with E-state index in [-0.39, 0.29) is 22.6 Å². The highest BCUT2D eigenvalue weighted by atomic mass is 35.5. The van der Waals surface area contributed by atoms with E-state index in [4.69, 9.17) is 16.7 Å². The number of ether oxygens (including phenoxy) is 1. The van der Waals surface area contributed by atoms with Gasteiger partial charge in [0.1, 0.15) is 0 Å². The van der Waals surface area contributed by atoms with Crippen LogP contribution in [0.5, 0.6) is 0 Å². The Bertz CT molecular complexity index is 427. The summed E-state index contributed by atoms with van der Waals surface area (Å²) in [5.74, 6) is -2.35. The Hall–Kier alpha value is -1.88. The first-order chi connectivity index (χ1) is 7.06. The minimum Gasteiger partial charge on any atom is -0.478 e. The average molecular weight is 229 g/mol. The molecule has 0 aromatic heterocycles. The van der Waals surface area contributed by atoms with Crippen molar-refractivity contribution in [3.05, 3.63) is 34.3 Å². The van der Waals surface area contributed by atoms with Gasteiger partial charge in [-0.25, -0.2) is 9.59 Å². The lowest BCUT2D eigenvalue weighted by molar-refractivity contribution is -0.123. The fraction of sp³-hybridized carbons (Fsp3) is 0. The molecule has 78 valence electrons. The Kier molecular flexibility index (Phi) is 3.41. The quantitative estimate of drug-likeness (QED) is 0.480. The molecule has 0 heterocycles. The van der Waals surface area contributed by atoms with Crippen LogP contribution in [0.1, 0.15) is 20.7 Å². The Morgan fingerprint density at radius 2 is 2.00 bits per heavy atom. The van der Waals surface area contributed by atoms with Crippen molar-refractivity contribution in [1.29, 1.82) is 0 Å². The number of hydrogen-bond acceptors (Lipinski definition) is 4. The third-order valence-electron chi connectivity index (χ3n) is 1.59. The van der Waals surface area contributed by atoms with Crippen LogP contribution >= 0.6 is 11.6 Å². The molecule has 1 aromatic carbocycles. The van der Waals surface area contributed by atoms with E-state index in [0.29, 0.717) is 0 Å². The van der Waals surface area contributed by atoms with Gasteiger partial charge in [0.05, 0.1) is 11.1 Å². The van der Waals surface area contributed by atoms with Crippen LogP contribution in [0.2, 0.25) is 5.02 Å². The first kappa shape index (κ1) is 11.2. The maximum Gasteiger partial charge on any atom is 0.346 e. The van der Waals surface area contributed by atoms with Crippen LogP contribution in [0, 0.1) is 0 Å². The number of carboxylic acids is 1. The Balaban J connectivity index is 3.22. The van der Waals surface area contributed by atoms with Gasteiger partial charge in [-0.3, -0.25) is 4.79 Å². The highest BCUT2D eigenvalue weighted by Gasteiger charge is 2.17. The molecule has 0 fully saturated rings. The van der Waals surface area contributed by atoms with Gasteiger partial charge in [0.2, 0.25) is 0 Å². The number of benzene rings is 1. The molecule has 0 radical (unpaired) electrons. The Morgan fingerprint density at radius 1 is 1.33 bits per heavy atom. The summed E-state index contributed by atoms with van der Waals surface area (Å²) in [6.07, 6.45) is 0. The van der Waals surface area contributed by atoms with E-state index in [0.717, 1.165) is 6.07 Å². The topological polar surface area (TPSA) is 80.7 Å². The van der Waals surface area contributed by atoms with E-state index >= 15 is 0 Å². The van der Waals surface area contributed by atoms with Crippen molar-refractivity contribution in [2.45, 2.75) is 0 Å². The van der Waals surface area contributed by atoms with E-state index in [9.17, 15) is 14.4 Å². The predicted molar refractivity (Wildman–Crippen MR) is 49.9 cm³/mol. The number of halogens is 1. The summed E-state index contributed by atoms with van der Waals surface area (Å²) in [5.41, 5.74) is -0.534. The number of carbonyl (C=O) groups is 3. The molecule has 0 saturated heterocycles. The van der Waals surface area contributed by atoms with Crippen LogP contribution in [0.3, 0.4) is 0 Å². The van der Waals surface area contributed by atoms with Crippen LogP contribution in [-0.2, 0) is 9.53 Å². The number of carbonyl (C=O) groups excluding carboxylic acids is 2. The van der Waals surface area contributed by atoms with Crippen LogP contribution in [0.15, 0.2) is 18.2 Å². The van der Waals surface area contributed by atoms with Gasteiger partial charge < -0.3 is 9.84 Å². The molecule has 0 aliphatic carbocycles. The fourth-order valence-electron chi connectivity index (χ4n) is 0.979. The highest BCUT2D eigenvalue weighted by Crippen LogP contribution is 2.16. The third-order valence-corrected chi connectivity index (χ3v) is 1.82. The standard InChI is InChI=1S/C9H5ClO5/c10-5-1-2-6(9(14)15-4-11)7(3-5)8(12)13/h1-4H,(H,12,13). The average Bonchev–Trinajstić information content (AvgIpc) is 2.17. The van der Waals surface area contributed by atoms with Gasteiger partial charge in [-0.2, -0.15) is 0 Å². The van der Waals surface area contributed by atoms with Crippen LogP contribution in [0.25, 0.3) is 0 Å². The fourth-order valence-corrected chi connectivity index (χ4v) is 1.15. The molecule has 0 amide bonds. The summed E-state index contributed by atoms with van der Waals surface area (Å²) in [7, 11) is 0. The van der Waals surface area contributed by atoms with Crippen molar-refractivity contribution in [3.63, 3.8) is 0 Å². The molecule has 0 saturated carbocycles. The van der Waals surface area contributed by atoms with E-state index in [2.05, 4.69) is 4.74 Å². The molecule has 1 aromatic rings. The normalized spacial score (nSPS) is 9.40. The predicted octanol–water partition coefficient (Wildman–Crippen LogP) is 1.35. The number of hydrogen-bond donors (Lipinski definition) is 1. The van der Waals surface area contributed by atoms with Gasteiger partial charge in [0, 0.05) is 5.02 Å². The van der Waals surface area contributed by atoms with Crippen molar-refractivity contribution in [2.24, 2.45) is 0 Å². The highest BCUT2D eigenvalue weighted by molar-refractivity contribution is 6.31. The number of rotatable bonds is 3. The zero-order valence-electron chi connectivity index (χ0n) is 7.27. The van der Waals surface area contributed by atoms with Gasteiger partial charge in [-0.15, -0.1) is 0 Å². The molecule has 1 N–H and O–H groups in total. The first-order valence-corrected chi connectivity index (χ1v) is 4.11. The minimum atomic E-state index is -1.32. The molecule has 0 unspecified atom stereocenters. The van der Waals surface area contributed by atoms with Crippen molar-refractivity contribution >= 4 is 30.0 Å². The van der Waals surface area contributed by atoms with E-state index < -0.39 is 11.9 Å². The zero-order valence-corrected chi connectivity index (χ0v) is 8.02. The summed E-state index contributed by atoms with van der Waals surface area (Å²) < 4.78 is 4.03. The van der Waals surface area contributed by atoms with Gasteiger partial charge in [-0.1, -0.05) is 11.6 Å². The number of esters is 1. The molecule has 0 aliphatic heterocycles. The number of carboxylic acid groups (broad SMARTS) is 1. The molecule has 0 spiro atoms. The molecular formula is C9H5ClO5. The molecule has 15 heavy (non-hydrogen) atoms. The molecule has 0 aliphatic rings. The van der Waals surface area contributed by atoms with Crippen molar-refractivity contribution in [3.8, 4) is 0 Å². The Morgan fingerprint density at radius 3 is 2.53 bits per heavy atom. The molecule has 1 rings (SSSR count). The molecule has 6 heteroatoms. The van der Waals surface area contributed by atoms with Crippen molar-refractivity contribution in [1.82, 2.24) is 0 Å². The summed E-state index contributed by atoms with van der Waals surface area (Å²) in [5, 5.41) is 8.93. The second-order valence-electron chi connectivity index (χ2n) is 2.50. The van der Waals surface area contributed by atoms with Gasteiger partial charge >= 0.3 is 18.4 Å². The van der Waals surface area contributed by atoms with Gasteiger partial charge in [0.15, 0.2) is 0 Å².